The van der Waals surface area contributed by atoms with Crippen LogP contribution in [0.4, 0.5) is 0 Å². The fraction of sp³-hybridized carbons (Fsp3) is 0.900. The fourth-order valence-electron chi connectivity index (χ4n) is 0.850. The molecule has 0 aliphatic carbocycles. The average Bonchev–Trinajstić information content (AvgIpc) is 2.14. The van der Waals surface area contributed by atoms with Crippen LogP contribution in [0.2, 0.25) is 0 Å². The van der Waals surface area contributed by atoms with Crippen molar-refractivity contribution < 1.29 is 14.0 Å². The zero-order valence-electron chi connectivity index (χ0n) is 9.71. The Morgan fingerprint density at radius 3 is 2.50 bits per heavy atom. The van der Waals surface area contributed by atoms with Gasteiger partial charge >= 0.3 is 5.97 Å². The van der Waals surface area contributed by atoms with E-state index < -0.39 is 0 Å². The molecule has 0 radical (unpaired) electrons. The molecule has 0 aromatic heterocycles. The van der Waals surface area contributed by atoms with Gasteiger partial charge in [0.1, 0.15) is 10.5 Å². The molecule has 0 rings (SSSR count). The standard InChI is InChI=1S/C10H22O3Si/c1-8(2)9(3)7-12-10(11)5-4-6-13-14/h8-9H,4-7H2,1-3,14H3. The van der Waals surface area contributed by atoms with E-state index in [0.717, 1.165) is 16.9 Å². The molecule has 0 amide bonds. The quantitative estimate of drug-likeness (QED) is 0.362. The van der Waals surface area contributed by atoms with Crippen LogP contribution in [-0.2, 0) is 14.0 Å². The van der Waals surface area contributed by atoms with E-state index in [1.807, 2.05) is 0 Å². The number of hydrogen-bond acceptors (Lipinski definition) is 3. The van der Waals surface area contributed by atoms with Gasteiger partial charge in [-0.1, -0.05) is 20.8 Å². The molecule has 0 N–H and O–H groups in total. The molecule has 0 aromatic carbocycles. The maximum atomic E-state index is 11.2. The van der Waals surface area contributed by atoms with E-state index in [2.05, 4.69) is 20.8 Å². The number of rotatable bonds is 7. The third-order valence-corrected chi connectivity index (χ3v) is 2.78. The fourth-order valence-corrected chi connectivity index (χ4v) is 1.14. The van der Waals surface area contributed by atoms with Crippen LogP contribution in [0, 0.1) is 11.8 Å². The highest BCUT2D eigenvalue weighted by molar-refractivity contribution is 5.97. The molecule has 0 saturated heterocycles. The second-order valence-corrected chi connectivity index (χ2v) is 4.58. The van der Waals surface area contributed by atoms with Crippen molar-refractivity contribution in [2.75, 3.05) is 13.2 Å². The highest BCUT2D eigenvalue weighted by atomic mass is 28.2. The number of ether oxygens (including phenoxy) is 1. The summed E-state index contributed by atoms with van der Waals surface area (Å²) in [6, 6.07) is 0. The van der Waals surface area contributed by atoms with E-state index in [1.165, 1.54) is 0 Å². The first-order valence-electron chi connectivity index (χ1n) is 5.22. The first-order valence-corrected chi connectivity index (χ1v) is 6.04. The Morgan fingerprint density at radius 2 is 2.00 bits per heavy atom. The van der Waals surface area contributed by atoms with E-state index in [1.54, 1.807) is 0 Å². The summed E-state index contributed by atoms with van der Waals surface area (Å²) >= 11 is 0. The first-order chi connectivity index (χ1) is 6.57. The van der Waals surface area contributed by atoms with Gasteiger partial charge < -0.3 is 9.16 Å². The van der Waals surface area contributed by atoms with E-state index in [4.69, 9.17) is 9.16 Å². The molecule has 3 nitrogen and oxygen atoms in total. The Kier molecular flexibility index (Phi) is 7.80. The summed E-state index contributed by atoms with van der Waals surface area (Å²) in [4.78, 5) is 11.2. The lowest BCUT2D eigenvalue weighted by Crippen LogP contribution is -2.16. The van der Waals surface area contributed by atoms with Gasteiger partial charge in [-0.25, -0.2) is 0 Å². The van der Waals surface area contributed by atoms with Gasteiger partial charge in [0.2, 0.25) is 0 Å². The Morgan fingerprint density at radius 1 is 1.36 bits per heavy atom. The molecule has 1 atom stereocenters. The van der Waals surface area contributed by atoms with Crippen molar-refractivity contribution in [2.24, 2.45) is 11.8 Å². The SMILES string of the molecule is CC(C)C(C)COC(=O)CCCO[SiH3]. The highest BCUT2D eigenvalue weighted by Gasteiger charge is 2.10. The summed E-state index contributed by atoms with van der Waals surface area (Å²) in [5.74, 6) is 0.901. The molecule has 84 valence electrons. The van der Waals surface area contributed by atoms with Crippen LogP contribution in [0.1, 0.15) is 33.6 Å². The van der Waals surface area contributed by atoms with Gasteiger partial charge in [-0.3, -0.25) is 4.79 Å². The normalized spacial score (nSPS) is 13.1. The third-order valence-electron chi connectivity index (χ3n) is 2.37. The molecule has 0 fully saturated rings. The van der Waals surface area contributed by atoms with Crippen LogP contribution < -0.4 is 0 Å². The van der Waals surface area contributed by atoms with Crippen LogP contribution in [-0.4, -0.2) is 29.7 Å². The maximum Gasteiger partial charge on any atom is 0.305 e. The minimum Gasteiger partial charge on any atom is -0.465 e. The molecule has 4 heteroatoms. The molecule has 0 aliphatic rings. The van der Waals surface area contributed by atoms with Crippen LogP contribution in [0.15, 0.2) is 0 Å². The van der Waals surface area contributed by atoms with Crippen molar-refractivity contribution in [3.8, 4) is 0 Å². The largest absolute Gasteiger partial charge is 0.465 e. The second kappa shape index (κ2) is 8.00. The van der Waals surface area contributed by atoms with E-state index in [0.29, 0.717) is 31.5 Å². The van der Waals surface area contributed by atoms with Crippen molar-refractivity contribution in [3.05, 3.63) is 0 Å². The number of carbonyl (C=O) groups is 1. The van der Waals surface area contributed by atoms with E-state index >= 15 is 0 Å². The summed E-state index contributed by atoms with van der Waals surface area (Å²) in [7, 11) is 0.744. The molecule has 0 bridgehead atoms. The monoisotopic (exact) mass is 218 g/mol. The molecule has 0 saturated carbocycles. The summed E-state index contributed by atoms with van der Waals surface area (Å²) < 4.78 is 10.1. The summed E-state index contributed by atoms with van der Waals surface area (Å²) in [6.45, 7) is 7.58. The number of hydrogen-bond donors (Lipinski definition) is 0. The summed E-state index contributed by atoms with van der Waals surface area (Å²) in [6.07, 6.45) is 1.26. The average molecular weight is 218 g/mol. The predicted octanol–water partition coefficient (Wildman–Crippen LogP) is 0.899. The molecule has 0 heterocycles. The van der Waals surface area contributed by atoms with Gasteiger partial charge in [-0.2, -0.15) is 0 Å². The Labute approximate surface area is 89.7 Å². The molecule has 0 spiro atoms. The smallest absolute Gasteiger partial charge is 0.305 e. The topological polar surface area (TPSA) is 35.5 Å². The van der Waals surface area contributed by atoms with Crippen molar-refractivity contribution in [3.63, 3.8) is 0 Å². The minimum absolute atomic E-state index is 0.101. The van der Waals surface area contributed by atoms with Crippen molar-refractivity contribution in [1.82, 2.24) is 0 Å². The Balaban J connectivity index is 3.44. The highest BCUT2D eigenvalue weighted by Crippen LogP contribution is 2.10. The molecular weight excluding hydrogens is 196 g/mol. The lowest BCUT2D eigenvalue weighted by molar-refractivity contribution is -0.145. The number of esters is 1. The first kappa shape index (κ1) is 13.6. The third kappa shape index (κ3) is 7.09. The lowest BCUT2D eigenvalue weighted by atomic mass is 9.99. The zero-order chi connectivity index (χ0) is 11.0. The van der Waals surface area contributed by atoms with Crippen LogP contribution in [0.25, 0.3) is 0 Å². The van der Waals surface area contributed by atoms with E-state index in [9.17, 15) is 4.79 Å². The van der Waals surface area contributed by atoms with Crippen LogP contribution in [0.3, 0.4) is 0 Å². The minimum atomic E-state index is -0.101. The predicted molar refractivity (Wildman–Crippen MR) is 60.1 cm³/mol. The van der Waals surface area contributed by atoms with Crippen molar-refractivity contribution in [2.45, 2.75) is 33.6 Å². The Bertz CT molecular complexity index is 159. The molecule has 0 aromatic rings. The number of carbonyl (C=O) groups excluding carboxylic acids is 1. The van der Waals surface area contributed by atoms with Gasteiger partial charge in [0.05, 0.1) is 6.61 Å². The van der Waals surface area contributed by atoms with Gasteiger partial charge in [-0.05, 0) is 18.3 Å². The van der Waals surface area contributed by atoms with Gasteiger partial charge in [-0.15, -0.1) is 0 Å². The zero-order valence-corrected chi connectivity index (χ0v) is 11.7. The molecule has 1 unspecified atom stereocenters. The maximum absolute atomic E-state index is 11.2. The lowest BCUT2D eigenvalue weighted by Gasteiger charge is -2.15. The van der Waals surface area contributed by atoms with Gasteiger partial charge in [0.25, 0.3) is 0 Å². The molecule has 0 aliphatic heterocycles. The van der Waals surface area contributed by atoms with E-state index in [-0.39, 0.29) is 5.97 Å². The van der Waals surface area contributed by atoms with Crippen molar-refractivity contribution in [1.29, 1.82) is 0 Å². The van der Waals surface area contributed by atoms with Crippen LogP contribution in [0.5, 0.6) is 0 Å². The van der Waals surface area contributed by atoms with Gasteiger partial charge in [0, 0.05) is 13.0 Å². The van der Waals surface area contributed by atoms with Crippen LogP contribution >= 0.6 is 0 Å². The summed E-state index contributed by atoms with van der Waals surface area (Å²) in [5.41, 5.74) is 0. The molecule has 14 heavy (non-hydrogen) atoms. The second-order valence-electron chi connectivity index (χ2n) is 4.00. The van der Waals surface area contributed by atoms with Crippen molar-refractivity contribution >= 4 is 16.5 Å². The Hall–Kier alpha value is -0.353. The molecular formula is C10H22O3Si. The van der Waals surface area contributed by atoms with Gasteiger partial charge in [0.15, 0.2) is 0 Å². The summed E-state index contributed by atoms with van der Waals surface area (Å²) in [5, 5.41) is 0.